The summed E-state index contributed by atoms with van der Waals surface area (Å²) in [7, 11) is 0. The lowest BCUT2D eigenvalue weighted by Gasteiger charge is -2.34. The van der Waals surface area contributed by atoms with Crippen LogP contribution >= 0.6 is 0 Å². The molecule has 2 aromatic carbocycles. The van der Waals surface area contributed by atoms with Gasteiger partial charge in [0.1, 0.15) is 11.6 Å². The summed E-state index contributed by atoms with van der Waals surface area (Å²) in [4.78, 5) is 16.4. The molecule has 1 saturated heterocycles. The second-order valence-corrected chi connectivity index (χ2v) is 5.89. The zero-order chi connectivity index (χ0) is 16.8. The number of benzene rings is 2. The first kappa shape index (κ1) is 16.5. The largest absolute Gasteiger partial charge is 0.484 e. The van der Waals surface area contributed by atoms with Crippen LogP contribution in [0.1, 0.15) is 5.56 Å². The molecule has 0 unspecified atom stereocenters. The van der Waals surface area contributed by atoms with E-state index in [1.807, 2.05) is 23.1 Å². The fourth-order valence-electron chi connectivity index (χ4n) is 2.76. The van der Waals surface area contributed by atoms with Crippen molar-refractivity contribution < 1.29 is 13.9 Å². The minimum Gasteiger partial charge on any atom is -0.484 e. The van der Waals surface area contributed by atoms with E-state index < -0.39 is 0 Å². The molecule has 24 heavy (non-hydrogen) atoms. The van der Waals surface area contributed by atoms with Gasteiger partial charge < -0.3 is 9.64 Å². The highest BCUT2D eigenvalue weighted by molar-refractivity contribution is 5.77. The summed E-state index contributed by atoms with van der Waals surface area (Å²) in [6.45, 7) is 4.03. The van der Waals surface area contributed by atoms with E-state index in [0.717, 1.165) is 19.6 Å². The molecule has 0 aliphatic carbocycles. The third-order valence-electron chi connectivity index (χ3n) is 4.15. The van der Waals surface area contributed by atoms with Crippen LogP contribution in [0.3, 0.4) is 0 Å². The molecule has 3 rings (SSSR count). The molecule has 0 bridgehead atoms. The molecule has 0 radical (unpaired) electrons. The first-order valence-electron chi connectivity index (χ1n) is 8.13. The van der Waals surface area contributed by atoms with Gasteiger partial charge in [-0.2, -0.15) is 0 Å². The molecule has 0 spiro atoms. The molecule has 1 aliphatic heterocycles. The van der Waals surface area contributed by atoms with Gasteiger partial charge in [0.2, 0.25) is 0 Å². The van der Waals surface area contributed by atoms with Gasteiger partial charge in [-0.25, -0.2) is 4.39 Å². The van der Waals surface area contributed by atoms with Crippen molar-refractivity contribution in [2.45, 2.75) is 6.54 Å². The normalized spacial score (nSPS) is 15.3. The molecule has 1 aliphatic rings. The van der Waals surface area contributed by atoms with Gasteiger partial charge in [-0.3, -0.25) is 9.69 Å². The van der Waals surface area contributed by atoms with Crippen molar-refractivity contribution in [3.05, 3.63) is 66.0 Å². The maximum Gasteiger partial charge on any atom is 0.260 e. The van der Waals surface area contributed by atoms with E-state index in [4.69, 9.17) is 4.74 Å². The Hall–Kier alpha value is -2.40. The molecule has 5 heteroatoms. The Morgan fingerprint density at radius 1 is 0.958 bits per heavy atom. The molecule has 126 valence electrons. The first-order chi connectivity index (χ1) is 11.7. The van der Waals surface area contributed by atoms with Gasteiger partial charge in [0, 0.05) is 32.7 Å². The van der Waals surface area contributed by atoms with E-state index in [1.54, 1.807) is 0 Å². The summed E-state index contributed by atoms with van der Waals surface area (Å²) < 4.78 is 18.3. The molecule has 2 aromatic rings. The maximum absolute atomic E-state index is 12.8. The van der Waals surface area contributed by atoms with Crippen LogP contribution in [-0.2, 0) is 11.3 Å². The predicted molar refractivity (Wildman–Crippen MR) is 90.2 cm³/mol. The van der Waals surface area contributed by atoms with Gasteiger partial charge in [-0.05, 0) is 29.8 Å². The van der Waals surface area contributed by atoms with E-state index in [-0.39, 0.29) is 18.3 Å². The van der Waals surface area contributed by atoms with E-state index in [0.29, 0.717) is 18.8 Å². The van der Waals surface area contributed by atoms with Crippen LogP contribution in [0.5, 0.6) is 5.75 Å². The number of piperazine rings is 1. The quantitative estimate of drug-likeness (QED) is 0.846. The smallest absolute Gasteiger partial charge is 0.260 e. The first-order valence-corrected chi connectivity index (χ1v) is 8.13. The van der Waals surface area contributed by atoms with Crippen molar-refractivity contribution in [3.63, 3.8) is 0 Å². The van der Waals surface area contributed by atoms with Crippen LogP contribution in [0.2, 0.25) is 0 Å². The maximum atomic E-state index is 12.8. The number of carbonyl (C=O) groups is 1. The van der Waals surface area contributed by atoms with Crippen LogP contribution in [0.25, 0.3) is 0 Å². The lowest BCUT2D eigenvalue weighted by molar-refractivity contribution is -0.135. The summed E-state index contributed by atoms with van der Waals surface area (Å²) >= 11 is 0. The molecular weight excluding hydrogens is 307 g/mol. The summed E-state index contributed by atoms with van der Waals surface area (Å²) in [5.74, 6) is 0.161. The second kappa shape index (κ2) is 7.93. The Morgan fingerprint density at radius 2 is 1.62 bits per heavy atom. The zero-order valence-electron chi connectivity index (χ0n) is 13.5. The molecular formula is C19H21FN2O2. The van der Waals surface area contributed by atoms with Crippen LogP contribution in [-0.4, -0.2) is 48.5 Å². The van der Waals surface area contributed by atoms with E-state index >= 15 is 0 Å². The van der Waals surface area contributed by atoms with Crippen LogP contribution in [0, 0.1) is 5.82 Å². The molecule has 1 heterocycles. The number of amides is 1. The van der Waals surface area contributed by atoms with Crippen molar-refractivity contribution >= 4 is 5.91 Å². The Labute approximate surface area is 141 Å². The number of hydrogen-bond acceptors (Lipinski definition) is 3. The van der Waals surface area contributed by atoms with Crippen LogP contribution in [0.4, 0.5) is 4.39 Å². The Morgan fingerprint density at radius 3 is 2.29 bits per heavy atom. The fourth-order valence-corrected chi connectivity index (χ4v) is 2.76. The van der Waals surface area contributed by atoms with Gasteiger partial charge in [0.05, 0.1) is 0 Å². The van der Waals surface area contributed by atoms with Gasteiger partial charge >= 0.3 is 0 Å². The minimum atomic E-state index is -0.316. The molecule has 0 aromatic heterocycles. The molecule has 0 saturated carbocycles. The lowest BCUT2D eigenvalue weighted by Crippen LogP contribution is -2.49. The number of nitrogens with zero attached hydrogens (tertiary/aromatic N) is 2. The van der Waals surface area contributed by atoms with Crippen molar-refractivity contribution in [2.24, 2.45) is 0 Å². The summed E-state index contributed by atoms with van der Waals surface area (Å²) in [6, 6.07) is 16.0. The molecule has 0 atom stereocenters. The molecule has 1 amide bonds. The zero-order valence-corrected chi connectivity index (χ0v) is 13.5. The third-order valence-corrected chi connectivity index (χ3v) is 4.15. The summed E-state index contributed by atoms with van der Waals surface area (Å²) in [6.07, 6.45) is 0. The second-order valence-electron chi connectivity index (χ2n) is 5.89. The van der Waals surface area contributed by atoms with Crippen LogP contribution < -0.4 is 4.74 Å². The molecule has 1 fully saturated rings. The molecule has 0 N–H and O–H groups in total. The fraction of sp³-hybridized carbons (Fsp3) is 0.316. The highest BCUT2D eigenvalue weighted by Gasteiger charge is 2.21. The molecule has 4 nitrogen and oxygen atoms in total. The number of carbonyl (C=O) groups excluding carboxylic acids is 1. The Bertz CT molecular complexity index is 653. The number of rotatable bonds is 5. The Balaban J connectivity index is 1.42. The topological polar surface area (TPSA) is 32.8 Å². The Kier molecular flexibility index (Phi) is 5.43. The SMILES string of the molecule is O=C(COc1ccc(F)cc1)N1CCN(Cc2ccccc2)CC1. The lowest BCUT2D eigenvalue weighted by atomic mass is 10.2. The number of ether oxygens (including phenoxy) is 1. The van der Waals surface area contributed by atoms with Gasteiger partial charge in [-0.15, -0.1) is 0 Å². The monoisotopic (exact) mass is 328 g/mol. The highest BCUT2D eigenvalue weighted by Crippen LogP contribution is 2.12. The number of halogens is 1. The summed E-state index contributed by atoms with van der Waals surface area (Å²) in [5, 5.41) is 0. The van der Waals surface area contributed by atoms with E-state index in [2.05, 4.69) is 17.0 Å². The predicted octanol–water partition coefficient (Wildman–Crippen LogP) is 2.55. The van der Waals surface area contributed by atoms with Gasteiger partial charge in [-0.1, -0.05) is 30.3 Å². The van der Waals surface area contributed by atoms with Crippen molar-refractivity contribution in [3.8, 4) is 5.75 Å². The summed E-state index contributed by atoms with van der Waals surface area (Å²) in [5.41, 5.74) is 1.29. The highest BCUT2D eigenvalue weighted by atomic mass is 19.1. The van der Waals surface area contributed by atoms with Crippen LogP contribution in [0.15, 0.2) is 54.6 Å². The third kappa shape index (κ3) is 4.55. The number of hydrogen-bond donors (Lipinski definition) is 0. The van der Waals surface area contributed by atoms with Gasteiger partial charge in [0.15, 0.2) is 6.61 Å². The van der Waals surface area contributed by atoms with Crippen molar-refractivity contribution in [1.82, 2.24) is 9.80 Å². The average molecular weight is 328 g/mol. The van der Waals surface area contributed by atoms with Crippen molar-refractivity contribution in [2.75, 3.05) is 32.8 Å². The minimum absolute atomic E-state index is 0.00961. The van der Waals surface area contributed by atoms with E-state index in [9.17, 15) is 9.18 Å². The average Bonchev–Trinajstić information content (AvgIpc) is 2.62. The standard InChI is InChI=1S/C19H21FN2O2/c20-17-6-8-18(9-7-17)24-15-19(23)22-12-10-21(11-13-22)14-16-4-2-1-3-5-16/h1-9H,10-15H2. The van der Waals surface area contributed by atoms with Crippen molar-refractivity contribution in [1.29, 1.82) is 0 Å². The van der Waals surface area contributed by atoms with E-state index in [1.165, 1.54) is 29.8 Å². The van der Waals surface area contributed by atoms with Gasteiger partial charge in [0.25, 0.3) is 5.91 Å².